The number of hydrogen-bond donors (Lipinski definition) is 7. The van der Waals surface area contributed by atoms with Gasteiger partial charge in [-0.15, -0.1) is 0 Å². The van der Waals surface area contributed by atoms with Crippen LogP contribution in [0.1, 0.15) is 78.6 Å². The Kier molecular flexibility index (Phi) is 15.6. The molecule has 12 nitrogen and oxygen atoms in total. The minimum absolute atomic E-state index is 0.208. The summed E-state index contributed by atoms with van der Waals surface area (Å²) in [6.07, 6.45) is -1.89. The van der Waals surface area contributed by atoms with E-state index in [9.17, 15) is 35.4 Å². The SMILES string of the molecule is CCCCCCCCCCC(C)CO[C@@H]1OC(CO)[C@@H](O[C@@H]2OC(CO)[C@H](O)[C@H](O)C2O)[C@H](O)C1NC(C)=O. The summed E-state index contributed by atoms with van der Waals surface area (Å²) < 4.78 is 22.9. The minimum atomic E-state index is -1.71. The minimum Gasteiger partial charge on any atom is -0.394 e. The van der Waals surface area contributed by atoms with Crippen LogP contribution >= 0.6 is 0 Å². The number of amides is 1. The molecular formula is C27H51NO11. The zero-order valence-corrected chi connectivity index (χ0v) is 23.6. The molecule has 0 aromatic carbocycles. The predicted molar refractivity (Wildman–Crippen MR) is 140 cm³/mol. The zero-order valence-electron chi connectivity index (χ0n) is 23.6. The second-order valence-corrected chi connectivity index (χ2v) is 10.9. The van der Waals surface area contributed by atoms with Crippen molar-refractivity contribution >= 4 is 5.91 Å². The van der Waals surface area contributed by atoms with E-state index in [-0.39, 0.29) is 5.92 Å². The average Bonchev–Trinajstić information content (AvgIpc) is 2.91. The molecule has 7 N–H and O–H groups in total. The quantitative estimate of drug-likeness (QED) is 0.117. The lowest BCUT2D eigenvalue weighted by Crippen LogP contribution is -2.67. The van der Waals surface area contributed by atoms with Gasteiger partial charge in [0.1, 0.15) is 48.8 Å². The molecule has 2 fully saturated rings. The van der Waals surface area contributed by atoms with E-state index in [1.165, 1.54) is 45.4 Å². The number of hydrogen-bond acceptors (Lipinski definition) is 11. The molecule has 2 rings (SSSR count). The average molecular weight is 566 g/mol. The predicted octanol–water partition coefficient (Wildman–Crippen LogP) is -0.0622. The summed E-state index contributed by atoms with van der Waals surface area (Å²) in [5.74, 6) is -0.239. The molecule has 11 atom stereocenters. The summed E-state index contributed by atoms with van der Waals surface area (Å²) >= 11 is 0. The van der Waals surface area contributed by atoms with Crippen molar-refractivity contribution < 1.29 is 54.4 Å². The van der Waals surface area contributed by atoms with E-state index in [4.69, 9.17) is 18.9 Å². The van der Waals surface area contributed by atoms with Gasteiger partial charge in [-0.3, -0.25) is 4.79 Å². The molecule has 2 heterocycles. The number of nitrogens with one attached hydrogen (secondary N) is 1. The lowest BCUT2D eigenvalue weighted by molar-refractivity contribution is -0.348. The van der Waals surface area contributed by atoms with E-state index in [0.717, 1.165) is 19.3 Å². The summed E-state index contributed by atoms with van der Waals surface area (Å²) in [7, 11) is 0. The normalized spacial score (nSPS) is 36.0. The first-order chi connectivity index (χ1) is 18.6. The van der Waals surface area contributed by atoms with Gasteiger partial charge in [0.15, 0.2) is 12.6 Å². The molecule has 0 aromatic heterocycles. The number of unbranched alkanes of at least 4 members (excludes halogenated alkanes) is 7. The number of aliphatic hydroxyl groups excluding tert-OH is 6. The van der Waals surface area contributed by atoms with Crippen LogP contribution in [0.3, 0.4) is 0 Å². The van der Waals surface area contributed by atoms with Gasteiger partial charge in [0, 0.05) is 6.92 Å². The number of carbonyl (C=O) groups excluding carboxylic acids is 1. The van der Waals surface area contributed by atoms with Crippen LogP contribution in [0.15, 0.2) is 0 Å². The fraction of sp³-hybridized carbons (Fsp3) is 0.963. The number of carbonyl (C=O) groups is 1. The van der Waals surface area contributed by atoms with Crippen LogP contribution in [0.25, 0.3) is 0 Å². The number of rotatable bonds is 17. The van der Waals surface area contributed by atoms with Crippen molar-refractivity contribution in [1.82, 2.24) is 5.32 Å². The lowest BCUT2D eigenvalue weighted by atomic mass is 9.95. The van der Waals surface area contributed by atoms with Crippen molar-refractivity contribution in [2.75, 3.05) is 19.8 Å². The molecular weight excluding hydrogens is 514 g/mol. The molecule has 2 saturated heterocycles. The van der Waals surface area contributed by atoms with E-state index in [2.05, 4.69) is 19.2 Å². The van der Waals surface area contributed by atoms with Gasteiger partial charge in [-0.25, -0.2) is 0 Å². The van der Waals surface area contributed by atoms with E-state index >= 15 is 0 Å². The Bertz CT molecular complexity index is 684. The van der Waals surface area contributed by atoms with Gasteiger partial charge in [0.2, 0.25) is 5.91 Å². The van der Waals surface area contributed by atoms with Crippen LogP contribution in [0.4, 0.5) is 0 Å². The third kappa shape index (κ3) is 10.4. The molecule has 0 aromatic rings. The van der Waals surface area contributed by atoms with Crippen LogP contribution in [0.5, 0.6) is 0 Å². The van der Waals surface area contributed by atoms with Crippen LogP contribution in [0, 0.1) is 5.92 Å². The zero-order chi connectivity index (χ0) is 28.9. The van der Waals surface area contributed by atoms with Crippen molar-refractivity contribution in [2.24, 2.45) is 5.92 Å². The summed E-state index contributed by atoms with van der Waals surface area (Å²) in [6, 6.07) is -1.06. The Labute approximate surface area is 231 Å². The smallest absolute Gasteiger partial charge is 0.217 e. The van der Waals surface area contributed by atoms with Crippen molar-refractivity contribution in [3.05, 3.63) is 0 Å². The van der Waals surface area contributed by atoms with E-state index < -0.39 is 80.5 Å². The topological polar surface area (TPSA) is 187 Å². The van der Waals surface area contributed by atoms with Gasteiger partial charge >= 0.3 is 0 Å². The molecule has 0 bridgehead atoms. The summed E-state index contributed by atoms with van der Waals surface area (Å²) in [4.78, 5) is 11.9. The molecule has 5 unspecified atom stereocenters. The van der Waals surface area contributed by atoms with Crippen LogP contribution < -0.4 is 5.32 Å². The molecule has 1 amide bonds. The van der Waals surface area contributed by atoms with Gasteiger partial charge < -0.3 is 54.9 Å². The highest BCUT2D eigenvalue weighted by Gasteiger charge is 2.51. The molecule has 2 aliphatic heterocycles. The maximum atomic E-state index is 11.9. The lowest BCUT2D eigenvalue weighted by Gasteiger charge is -2.47. The Morgan fingerprint density at radius 3 is 2.00 bits per heavy atom. The van der Waals surface area contributed by atoms with Gasteiger partial charge in [-0.2, -0.15) is 0 Å². The largest absolute Gasteiger partial charge is 0.394 e. The third-order valence-electron chi connectivity index (χ3n) is 7.46. The van der Waals surface area contributed by atoms with Crippen LogP contribution in [-0.4, -0.2) is 118 Å². The van der Waals surface area contributed by atoms with Crippen LogP contribution in [0.2, 0.25) is 0 Å². The van der Waals surface area contributed by atoms with E-state index in [1.54, 1.807) is 0 Å². The molecule has 0 radical (unpaired) electrons. The Balaban J connectivity index is 1.94. The molecule has 2 aliphatic rings. The van der Waals surface area contributed by atoms with Crippen LogP contribution in [-0.2, 0) is 23.7 Å². The maximum absolute atomic E-state index is 11.9. The van der Waals surface area contributed by atoms with Gasteiger partial charge in [-0.1, -0.05) is 65.2 Å². The molecule has 39 heavy (non-hydrogen) atoms. The molecule has 12 heteroatoms. The van der Waals surface area contributed by atoms with Crippen molar-refractivity contribution in [3.8, 4) is 0 Å². The fourth-order valence-electron chi connectivity index (χ4n) is 5.07. The highest BCUT2D eigenvalue weighted by atomic mass is 16.7. The monoisotopic (exact) mass is 565 g/mol. The first-order valence-corrected chi connectivity index (χ1v) is 14.4. The van der Waals surface area contributed by atoms with E-state index in [0.29, 0.717) is 6.61 Å². The van der Waals surface area contributed by atoms with E-state index in [1.807, 2.05) is 0 Å². The first-order valence-electron chi connectivity index (χ1n) is 14.4. The van der Waals surface area contributed by atoms with Crippen molar-refractivity contribution in [2.45, 2.75) is 140 Å². The van der Waals surface area contributed by atoms with Gasteiger partial charge in [0.25, 0.3) is 0 Å². The highest BCUT2D eigenvalue weighted by Crippen LogP contribution is 2.30. The Morgan fingerprint density at radius 2 is 1.41 bits per heavy atom. The fourth-order valence-corrected chi connectivity index (χ4v) is 5.07. The Morgan fingerprint density at radius 1 is 0.821 bits per heavy atom. The Hall–Kier alpha value is -0.930. The summed E-state index contributed by atoms with van der Waals surface area (Å²) in [5.41, 5.74) is 0. The summed E-state index contributed by atoms with van der Waals surface area (Å²) in [6.45, 7) is 4.63. The maximum Gasteiger partial charge on any atom is 0.217 e. The standard InChI is InChI=1S/C27H51NO11/c1-4-5-6-7-8-9-10-11-12-16(2)15-36-26-20(28-17(3)31)22(33)25(19(14-30)38-26)39-27-24(35)23(34)21(32)18(13-29)37-27/h16,18-27,29-30,32-35H,4-15H2,1-3H3,(H,28,31)/t16?,18?,19?,20?,21-,22+,23-,24?,25+,26+,27-/m0/s1. The molecule has 230 valence electrons. The molecule has 0 saturated carbocycles. The molecule has 0 spiro atoms. The second kappa shape index (κ2) is 17.8. The third-order valence-corrected chi connectivity index (χ3v) is 7.46. The van der Waals surface area contributed by atoms with Gasteiger partial charge in [-0.05, 0) is 12.3 Å². The molecule has 0 aliphatic carbocycles. The first kappa shape index (κ1) is 34.3. The van der Waals surface area contributed by atoms with Crippen molar-refractivity contribution in [1.29, 1.82) is 0 Å². The summed E-state index contributed by atoms with van der Waals surface area (Å²) in [5, 5.41) is 63.6. The van der Waals surface area contributed by atoms with Crippen molar-refractivity contribution in [3.63, 3.8) is 0 Å². The highest BCUT2D eigenvalue weighted by molar-refractivity contribution is 5.73. The second-order valence-electron chi connectivity index (χ2n) is 10.9. The number of aliphatic hydroxyl groups is 6. The number of ether oxygens (including phenoxy) is 4. The van der Waals surface area contributed by atoms with Gasteiger partial charge in [0.05, 0.1) is 19.8 Å².